The summed E-state index contributed by atoms with van der Waals surface area (Å²) < 4.78 is 6.17. The van der Waals surface area contributed by atoms with Gasteiger partial charge < -0.3 is 15.8 Å². The molecule has 2 aromatic rings. The second kappa shape index (κ2) is 6.43. The first kappa shape index (κ1) is 15.1. The number of ether oxygens (including phenoxy) is 1. The van der Waals surface area contributed by atoms with E-state index >= 15 is 0 Å². The van der Waals surface area contributed by atoms with Crippen LogP contribution in [0.5, 0.6) is 5.75 Å². The number of aromatic nitrogens is 1. The molecule has 0 aliphatic rings. The third-order valence-electron chi connectivity index (χ3n) is 2.30. The number of anilines is 2. The Kier molecular flexibility index (Phi) is 4.85. The number of nitrogens with one attached hydrogen (secondary N) is 1. The molecule has 2 rings (SSSR count). The fraction of sp³-hybridized carbons (Fsp3) is 0.167. The first-order valence-electron chi connectivity index (χ1n) is 5.65. The van der Waals surface area contributed by atoms with Crippen molar-refractivity contribution in [3.63, 3.8) is 0 Å². The first-order chi connectivity index (χ1) is 9.51. The van der Waals surface area contributed by atoms with Crippen LogP contribution in [0.1, 0.15) is 17.4 Å². The monoisotopic (exact) mass is 375 g/mol. The molecule has 106 valence electrons. The fourth-order valence-electron chi connectivity index (χ4n) is 1.52. The molecule has 0 spiro atoms. The molecule has 1 heterocycles. The van der Waals surface area contributed by atoms with Crippen LogP contribution in [0.25, 0.3) is 0 Å². The Morgan fingerprint density at radius 1 is 1.60 bits per heavy atom. The number of hydrogen-bond donors (Lipinski definition) is 2. The molecule has 3 N–H and O–H groups in total. The van der Waals surface area contributed by atoms with Gasteiger partial charge in [-0.3, -0.25) is 4.79 Å². The molecule has 0 saturated heterocycles. The summed E-state index contributed by atoms with van der Waals surface area (Å²) in [5.74, 6) is 0.154. The summed E-state index contributed by atoms with van der Waals surface area (Å²) in [6.45, 7) is 2.32. The van der Waals surface area contributed by atoms with Crippen LogP contribution in [-0.2, 0) is 0 Å². The molecule has 8 heteroatoms. The molecule has 1 aromatic carbocycles. The van der Waals surface area contributed by atoms with E-state index in [1.54, 1.807) is 17.5 Å². The third kappa shape index (κ3) is 3.41. The fourth-order valence-corrected chi connectivity index (χ4v) is 2.99. The Balaban J connectivity index is 2.30. The maximum Gasteiger partial charge on any atom is 0.275 e. The van der Waals surface area contributed by atoms with Crippen LogP contribution in [0.15, 0.2) is 22.0 Å². The maximum atomic E-state index is 12.1. The van der Waals surface area contributed by atoms with Crippen molar-refractivity contribution in [2.24, 2.45) is 0 Å². The largest absolute Gasteiger partial charge is 0.491 e. The van der Waals surface area contributed by atoms with Crippen LogP contribution in [0, 0.1) is 0 Å². The zero-order valence-corrected chi connectivity index (χ0v) is 13.6. The number of thiazole rings is 1. The minimum Gasteiger partial charge on any atom is -0.491 e. The van der Waals surface area contributed by atoms with Gasteiger partial charge in [-0.05, 0) is 35.0 Å². The minimum atomic E-state index is -0.368. The van der Waals surface area contributed by atoms with Crippen molar-refractivity contribution in [1.82, 2.24) is 4.98 Å². The number of benzene rings is 1. The molecule has 0 unspecified atom stereocenters. The van der Waals surface area contributed by atoms with Gasteiger partial charge in [0.2, 0.25) is 0 Å². The molecule has 1 amide bonds. The lowest BCUT2D eigenvalue weighted by Gasteiger charge is -2.13. The molecule has 20 heavy (non-hydrogen) atoms. The summed E-state index contributed by atoms with van der Waals surface area (Å²) in [5, 5.41) is 5.13. The summed E-state index contributed by atoms with van der Waals surface area (Å²) in [6, 6.07) is 3.31. The van der Waals surface area contributed by atoms with Crippen LogP contribution < -0.4 is 15.8 Å². The Hall–Kier alpha value is -1.31. The molecular weight excluding hydrogens is 366 g/mol. The van der Waals surface area contributed by atoms with Crippen molar-refractivity contribution in [3.8, 4) is 5.75 Å². The van der Waals surface area contributed by atoms with Gasteiger partial charge in [-0.25, -0.2) is 4.98 Å². The zero-order chi connectivity index (χ0) is 14.7. The predicted octanol–water partition coefficient (Wildman–Crippen LogP) is 3.79. The van der Waals surface area contributed by atoms with Crippen LogP contribution in [0.4, 0.5) is 10.8 Å². The molecule has 0 aliphatic carbocycles. The van der Waals surface area contributed by atoms with E-state index < -0.39 is 0 Å². The quantitative estimate of drug-likeness (QED) is 0.851. The van der Waals surface area contributed by atoms with Crippen LogP contribution in [0.3, 0.4) is 0 Å². The number of carbonyl (C=O) groups excluding carboxylic acids is 1. The van der Waals surface area contributed by atoms with Crippen molar-refractivity contribution in [2.75, 3.05) is 17.7 Å². The summed E-state index contributed by atoms with van der Waals surface area (Å²) in [4.78, 5) is 16.0. The highest BCUT2D eigenvalue weighted by Gasteiger charge is 2.15. The summed E-state index contributed by atoms with van der Waals surface area (Å²) in [6.07, 6.45) is 0. The van der Waals surface area contributed by atoms with Crippen molar-refractivity contribution >= 4 is 55.6 Å². The topological polar surface area (TPSA) is 77.2 Å². The van der Waals surface area contributed by atoms with E-state index in [1.807, 2.05) is 6.92 Å². The molecule has 0 aliphatic heterocycles. The summed E-state index contributed by atoms with van der Waals surface area (Å²) >= 11 is 10.5. The van der Waals surface area contributed by atoms with Crippen molar-refractivity contribution in [1.29, 1.82) is 0 Å². The lowest BCUT2D eigenvalue weighted by atomic mass is 10.2. The number of amides is 1. The highest BCUT2D eigenvalue weighted by Crippen LogP contribution is 2.36. The Bertz CT molecular complexity index is 648. The van der Waals surface area contributed by atoms with Gasteiger partial charge >= 0.3 is 0 Å². The van der Waals surface area contributed by atoms with Gasteiger partial charge in [0.05, 0.1) is 16.8 Å². The number of carbonyl (C=O) groups is 1. The number of halogens is 2. The van der Waals surface area contributed by atoms with Gasteiger partial charge in [0.25, 0.3) is 5.91 Å². The van der Waals surface area contributed by atoms with Crippen LogP contribution in [-0.4, -0.2) is 17.5 Å². The van der Waals surface area contributed by atoms with E-state index in [2.05, 4.69) is 26.2 Å². The standard InChI is InChI=1S/C12H11BrClN3O2S/c1-2-19-10-7(13)3-6(14)4-8(10)16-11(18)9-5-20-12(15)17-9/h3-5H,2H2,1H3,(H2,15,17)(H,16,18). The van der Waals surface area contributed by atoms with Gasteiger partial charge in [-0.2, -0.15) is 0 Å². The first-order valence-corrected chi connectivity index (χ1v) is 7.70. The molecule has 0 radical (unpaired) electrons. The summed E-state index contributed by atoms with van der Waals surface area (Å²) in [5.41, 5.74) is 6.24. The van der Waals surface area contributed by atoms with Gasteiger partial charge in [-0.15, -0.1) is 11.3 Å². The Morgan fingerprint density at radius 2 is 2.35 bits per heavy atom. The molecule has 1 aromatic heterocycles. The number of nitrogen functional groups attached to an aromatic ring is 1. The molecule has 0 fully saturated rings. The van der Waals surface area contributed by atoms with E-state index in [4.69, 9.17) is 22.1 Å². The van der Waals surface area contributed by atoms with Gasteiger partial charge in [0.15, 0.2) is 10.9 Å². The van der Waals surface area contributed by atoms with E-state index in [-0.39, 0.29) is 11.6 Å². The third-order valence-corrected chi connectivity index (χ3v) is 3.78. The van der Waals surface area contributed by atoms with Gasteiger partial charge in [-0.1, -0.05) is 11.6 Å². The molecule has 0 saturated carbocycles. The molecule has 5 nitrogen and oxygen atoms in total. The van der Waals surface area contributed by atoms with E-state index in [0.717, 1.165) is 0 Å². The van der Waals surface area contributed by atoms with Crippen molar-refractivity contribution in [2.45, 2.75) is 6.92 Å². The number of hydrogen-bond acceptors (Lipinski definition) is 5. The Morgan fingerprint density at radius 3 is 2.95 bits per heavy atom. The smallest absolute Gasteiger partial charge is 0.275 e. The number of rotatable bonds is 4. The second-order valence-electron chi connectivity index (χ2n) is 3.72. The van der Waals surface area contributed by atoms with Gasteiger partial charge in [0, 0.05) is 10.4 Å². The highest BCUT2D eigenvalue weighted by molar-refractivity contribution is 9.10. The normalized spacial score (nSPS) is 10.3. The van der Waals surface area contributed by atoms with Crippen LogP contribution in [0.2, 0.25) is 5.02 Å². The lowest BCUT2D eigenvalue weighted by Crippen LogP contribution is -2.13. The van der Waals surface area contributed by atoms with E-state index in [1.165, 1.54) is 11.3 Å². The number of nitrogens with two attached hydrogens (primary N) is 1. The highest BCUT2D eigenvalue weighted by atomic mass is 79.9. The molecule has 0 atom stereocenters. The average molecular weight is 377 g/mol. The molecule has 0 bridgehead atoms. The number of nitrogens with zero attached hydrogens (tertiary/aromatic N) is 1. The SMILES string of the molecule is CCOc1c(Br)cc(Cl)cc1NC(=O)c1csc(N)n1. The second-order valence-corrected chi connectivity index (χ2v) is 5.90. The van der Waals surface area contributed by atoms with Gasteiger partial charge in [0.1, 0.15) is 5.69 Å². The minimum absolute atomic E-state index is 0.256. The average Bonchev–Trinajstić information content (AvgIpc) is 2.80. The van der Waals surface area contributed by atoms with E-state index in [0.29, 0.717) is 32.7 Å². The lowest BCUT2D eigenvalue weighted by molar-refractivity contribution is 0.102. The zero-order valence-electron chi connectivity index (χ0n) is 10.4. The maximum absolute atomic E-state index is 12.1. The Labute approximate surface area is 133 Å². The van der Waals surface area contributed by atoms with E-state index in [9.17, 15) is 4.79 Å². The predicted molar refractivity (Wildman–Crippen MR) is 84.8 cm³/mol. The van der Waals surface area contributed by atoms with Crippen molar-refractivity contribution in [3.05, 3.63) is 32.7 Å². The summed E-state index contributed by atoms with van der Waals surface area (Å²) in [7, 11) is 0. The van der Waals surface area contributed by atoms with Crippen molar-refractivity contribution < 1.29 is 9.53 Å². The van der Waals surface area contributed by atoms with Crippen LogP contribution >= 0.6 is 38.9 Å². The molecular formula is C12H11BrClN3O2S.